The highest BCUT2D eigenvalue weighted by Gasteiger charge is 2.22. The number of nitrogens with zero attached hydrogens (tertiary/aromatic N) is 1. The summed E-state index contributed by atoms with van der Waals surface area (Å²) in [5.74, 6) is -0.154. The maximum atomic E-state index is 13.5. The SMILES string of the molecule is Cc1cccc(C)c1NC(=O)Nc1ccc(N2CCc3ccccc3C2)c(C(=O)NCCc2ccccc2)c1. The molecule has 6 nitrogen and oxygen atoms in total. The first kappa shape index (κ1) is 26.0. The predicted molar refractivity (Wildman–Crippen MR) is 159 cm³/mol. The topological polar surface area (TPSA) is 73.5 Å². The lowest BCUT2D eigenvalue weighted by Crippen LogP contribution is -2.33. The van der Waals surface area contributed by atoms with Gasteiger partial charge in [0.05, 0.1) is 5.56 Å². The Morgan fingerprint density at radius 3 is 2.28 bits per heavy atom. The van der Waals surface area contributed by atoms with Crippen LogP contribution in [-0.4, -0.2) is 25.0 Å². The number of para-hydroxylation sites is 1. The Kier molecular flexibility index (Phi) is 7.92. The van der Waals surface area contributed by atoms with Gasteiger partial charge in [-0.15, -0.1) is 0 Å². The molecule has 0 bridgehead atoms. The molecule has 0 radical (unpaired) electrons. The standard InChI is InChI=1S/C33H34N4O2/c1-23-9-8-10-24(2)31(23)36-33(39)35-28-15-16-30(37-20-18-26-13-6-7-14-27(26)22-37)29(21-28)32(38)34-19-17-25-11-4-3-5-12-25/h3-16,21H,17-20,22H2,1-2H3,(H,34,38)(H2,35,36,39). The van der Waals surface area contributed by atoms with Gasteiger partial charge in [0.25, 0.3) is 5.91 Å². The molecule has 0 spiro atoms. The third-order valence-electron chi connectivity index (χ3n) is 7.23. The van der Waals surface area contributed by atoms with E-state index < -0.39 is 0 Å². The van der Waals surface area contributed by atoms with Gasteiger partial charge < -0.3 is 20.9 Å². The normalized spacial score (nSPS) is 12.4. The van der Waals surface area contributed by atoms with Gasteiger partial charge in [-0.25, -0.2) is 4.79 Å². The Morgan fingerprint density at radius 2 is 1.51 bits per heavy atom. The number of nitrogens with one attached hydrogen (secondary N) is 3. The maximum Gasteiger partial charge on any atom is 0.323 e. The van der Waals surface area contributed by atoms with E-state index in [4.69, 9.17) is 0 Å². The van der Waals surface area contributed by atoms with Crippen molar-refractivity contribution in [2.24, 2.45) is 0 Å². The number of amides is 3. The maximum absolute atomic E-state index is 13.5. The fourth-order valence-corrected chi connectivity index (χ4v) is 5.12. The fraction of sp³-hybridized carbons (Fsp3) is 0.212. The molecule has 0 atom stereocenters. The molecule has 1 heterocycles. The van der Waals surface area contributed by atoms with Gasteiger partial charge in [-0.2, -0.15) is 0 Å². The van der Waals surface area contributed by atoms with Gasteiger partial charge in [-0.3, -0.25) is 4.79 Å². The van der Waals surface area contributed by atoms with Crippen molar-refractivity contribution in [2.45, 2.75) is 33.2 Å². The Balaban J connectivity index is 1.36. The highest BCUT2D eigenvalue weighted by Crippen LogP contribution is 2.30. The molecule has 0 aliphatic carbocycles. The van der Waals surface area contributed by atoms with E-state index in [1.807, 2.05) is 62.4 Å². The van der Waals surface area contributed by atoms with E-state index in [0.29, 0.717) is 17.8 Å². The van der Waals surface area contributed by atoms with Crippen LogP contribution in [0.5, 0.6) is 0 Å². The largest absolute Gasteiger partial charge is 0.366 e. The Morgan fingerprint density at radius 1 is 0.795 bits per heavy atom. The predicted octanol–water partition coefficient (Wildman–Crippen LogP) is 6.48. The summed E-state index contributed by atoms with van der Waals surface area (Å²) in [6.07, 6.45) is 1.67. The molecule has 0 saturated carbocycles. The highest BCUT2D eigenvalue weighted by molar-refractivity contribution is 6.04. The van der Waals surface area contributed by atoms with Gasteiger partial charge in [0, 0.05) is 36.7 Å². The summed E-state index contributed by atoms with van der Waals surface area (Å²) in [5, 5.41) is 8.96. The molecular weight excluding hydrogens is 484 g/mol. The second-order valence-electron chi connectivity index (χ2n) is 10.0. The van der Waals surface area contributed by atoms with Gasteiger partial charge in [-0.1, -0.05) is 72.8 Å². The lowest BCUT2D eigenvalue weighted by molar-refractivity contribution is 0.0954. The first-order valence-corrected chi connectivity index (χ1v) is 13.4. The first-order chi connectivity index (χ1) is 19.0. The monoisotopic (exact) mass is 518 g/mol. The van der Waals surface area contributed by atoms with Crippen LogP contribution in [0.15, 0.2) is 91.0 Å². The van der Waals surface area contributed by atoms with Gasteiger partial charge in [0.15, 0.2) is 0 Å². The summed E-state index contributed by atoms with van der Waals surface area (Å²) in [7, 11) is 0. The Hall–Kier alpha value is -4.58. The smallest absolute Gasteiger partial charge is 0.323 e. The van der Waals surface area contributed by atoms with Crippen molar-refractivity contribution in [1.29, 1.82) is 0 Å². The Bertz CT molecular complexity index is 1460. The average Bonchev–Trinajstić information content (AvgIpc) is 2.95. The molecule has 0 saturated heterocycles. The summed E-state index contributed by atoms with van der Waals surface area (Å²) >= 11 is 0. The van der Waals surface area contributed by atoms with Crippen molar-refractivity contribution in [2.75, 3.05) is 28.6 Å². The lowest BCUT2D eigenvalue weighted by atomic mass is 9.98. The van der Waals surface area contributed by atoms with Crippen LogP contribution in [0, 0.1) is 13.8 Å². The number of anilines is 3. The number of fused-ring (bicyclic) bond motifs is 1. The highest BCUT2D eigenvalue weighted by atomic mass is 16.2. The van der Waals surface area contributed by atoms with Crippen molar-refractivity contribution >= 4 is 29.0 Å². The molecule has 198 valence electrons. The van der Waals surface area contributed by atoms with Gasteiger partial charge in [-0.05, 0) is 72.7 Å². The van der Waals surface area contributed by atoms with E-state index in [2.05, 4.69) is 57.2 Å². The van der Waals surface area contributed by atoms with E-state index in [9.17, 15) is 9.59 Å². The van der Waals surface area contributed by atoms with Crippen LogP contribution in [0.1, 0.15) is 38.2 Å². The third-order valence-corrected chi connectivity index (χ3v) is 7.23. The van der Waals surface area contributed by atoms with Crippen LogP contribution in [-0.2, 0) is 19.4 Å². The lowest BCUT2D eigenvalue weighted by Gasteiger charge is -2.32. The minimum absolute atomic E-state index is 0.154. The van der Waals surface area contributed by atoms with Gasteiger partial charge in [0.2, 0.25) is 0 Å². The van der Waals surface area contributed by atoms with Crippen LogP contribution < -0.4 is 20.9 Å². The molecule has 39 heavy (non-hydrogen) atoms. The summed E-state index contributed by atoms with van der Waals surface area (Å²) in [6, 6.07) is 29.7. The number of benzene rings is 4. The van der Waals surface area contributed by atoms with E-state index in [1.165, 1.54) is 16.7 Å². The minimum atomic E-state index is -0.345. The molecule has 5 rings (SSSR count). The van der Waals surface area contributed by atoms with E-state index >= 15 is 0 Å². The molecule has 6 heteroatoms. The fourth-order valence-electron chi connectivity index (χ4n) is 5.12. The van der Waals surface area contributed by atoms with Crippen molar-refractivity contribution in [3.63, 3.8) is 0 Å². The molecular formula is C33H34N4O2. The third kappa shape index (κ3) is 6.29. The summed E-state index contributed by atoms with van der Waals surface area (Å²) < 4.78 is 0. The van der Waals surface area contributed by atoms with Crippen LogP contribution in [0.2, 0.25) is 0 Å². The van der Waals surface area contributed by atoms with Crippen LogP contribution >= 0.6 is 0 Å². The number of carbonyl (C=O) groups excluding carboxylic acids is 2. The number of hydrogen-bond acceptors (Lipinski definition) is 3. The van der Waals surface area contributed by atoms with E-state index in [-0.39, 0.29) is 11.9 Å². The molecule has 3 N–H and O–H groups in total. The number of rotatable bonds is 7. The molecule has 3 amide bonds. The van der Waals surface area contributed by atoms with E-state index in [1.54, 1.807) is 6.07 Å². The number of carbonyl (C=O) groups is 2. The number of aryl methyl sites for hydroxylation is 2. The zero-order valence-electron chi connectivity index (χ0n) is 22.5. The molecule has 0 unspecified atom stereocenters. The van der Waals surface area contributed by atoms with Gasteiger partial charge in [0.1, 0.15) is 0 Å². The van der Waals surface area contributed by atoms with Crippen molar-refractivity contribution in [1.82, 2.24) is 5.32 Å². The molecule has 0 aromatic heterocycles. The molecule has 1 aliphatic heterocycles. The summed E-state index contributed by atoms with van der Waals surface area (Å²) in [5.41, 5.74) is 8.54. The van der Waals surface area contributed by atoms with Crippen molar-refractivity contribution < 1.29 is 9.59 Å². The number of urea groups is 1. The summed E-state index contributed by atoms with van der Waals surface area (Å²) in [4.78, 5) is 28.6. The molecule has 0 fully saturated rings. The summed E-state index contributed by atoms with van der Waals surface area (Å²) in [6.45, 7) is 6.01. The quantitative estimate of drug-likeness (QED) is 0.262. The second kappa shape index (κ2) is 11.9. The zero-order chi connectivity index (χ0) is 27.2. The van der Waals surface area contributed by atoms with Crippen LogP contribution in [0.4, 0.5) is 21.9 Å². The Labute approximate surface area is 230 Å². The van der Waals surface area contributed by atoms with Gasteiger partial charge >= 0.3 is 6.03 Å². The zero-order valence-corrected chi connectivity index (χ0v) is 22.5. The van der Waals surface area contributed by atoms with Crippen molar-refractivity contribution in [3.8, 4) is 0 Å². The van der Waals surface area contributed by atoms with Crippen molar-refractivity contribution in [3.05, 3.63) is 124 Å². The van der Waals surface area contributed by atoms with Crippen LogP contribution in [0.3, 0.4) is 0 Å². The van der Waals surface area contributed by atoms with E-state index in [0.717, 1.165) is 48.4 Å². The van der Waals surface area contributed by atoms with Crippen LogP contribution in [0.25, 0.3) is 0 Å². The number of hydrogen-bond donors (Lipinski definition) is 3. The molecule has 4 aromatic carbocycles. The first-order valence-electron chi connectivity index (χ1n) is 13.4. The second-order valence-corrected chi connectivity index (χ2v) is 10.0. The average molecular weight is 519 g/mol. The minimum Gasteiger partial charge on any atom is -0.366 e. The molecule has 4 aromatic rings. The molecule has 1 aliphatic rings.